The molecule has 4 heteroatoms. The van der Waals surface area contributed by atoms with Crippen molar-refractivity contribution >= 4 is 11.6 Å². The lowest BCUT2D eigenvalue weighted by Gasteiger charge is -2.25. The second-order valence-corrected chi connectivity index (χ2v) is 5.27. The minimum absolute atomic E-state index is 0.501. The molecule has 1 aromatic heterocycles. The van der Waals surface area contributed by atoms with Crippen LogP contribution >= 0.6 is 11.6 Å². The van der Waals surface area contributed by atoms with E-state index in [2.05, 4.69) is 16.0 Å². The molecule has 1 aliphatic rings. The Morgan fingerprint density at radius 3 is 2.53 bits per heavy atom. The second-order valence-electron chi connectivity index (χ2n) is 5.02. The van der Waals surface area contributed by atoms with Crippen molar-refractivity contribution < 1.29 is 4.74 Å². The summed E-state index contributed by atoms with van der Waals surface area (Å²) in [6.45, 7) is 3.31. The molecule has 19 heavy (non-hydrogen) atoms. The van der Waals surface area contributed by atoms with Crippen LogP contribution in [0.25, 0.3) is 0 Å². The average molecular weight is 281 g/mol. The van der Waals surface area contributed by atoms with E-state index in [4.69, 9.17) is 16.3 Å². The lowest BCUT2D eigenvalue weighted by Crippen LogP contribution is -2.14. The van der Waals surface area contributed by atoms with Crippen molar-refractivity contribution in [3.63, 3.8) is 0 Å². The molecule has 0 aromatic carbocycles. The number of ether oxygens (including phenoxy) is 1. The van der Waals surface area contributed by atoms with Gasteiger partial charge in [-0.05, 0) is 38.5 Å². The van der Waals surface area contributed by atoms with Crippen molar-refractivity contribution in [3.8, 4) is 0 Å². The summed E-state index contributed by atoms with van der Waals surface area (Å²) in [4.78, 5) is 8.98. The highest BCUT2D eigenvalue weighted by molar-refractivity contribution is 6.25. The summed E-state index contributed by atoms with van der Waals surface area (Å²) in [7, 11) is 0. The van der Waals surface area contributed by atoms with E-state index in [1.807, 2.05) is 19.3 Å². The van der Waals surface area contributed by atoms with Gasteiger partial charge in [-0.1, -0.05) is 17.7 Å². The Bertz CT molecular complexity index is 397. The van der Waals surface area contributed by atoms with Gasteiger partial charge in [0.05, 0.1) is 6.61 Å². The second kappa shape index (κ2) is 7.61. The van der Waals surface area contributed by atoms with Crippen LogP contribution in [0.5, 0.6) is 0 Å². The number of nitrogens with zero attached hydrogens (tertiary/aromatic N) is 2. The molecule has 0 unspecified atom stereocenters. The largest absolute Gasteiger partial charge is 0.377 e. The van der Waals surface area contributed by atoms with E-state index in [-0.39, 0.29) is 0 Å². The van der Waals surface area contributed by atoms with Gasteiger partial charge in [-0.15, -0.1) is 0 Å². The average Bonchev–Trinajstić information content (AvgIpc) is 2.47. The van der Waals surface area contributed by atoms with Crippen LogP contribution in [-0.4, -0.2) is 16.6 Å². The lowest BCUT2D eigenvalue weighted by molar-refractivity contribution is 0.133. The Kier molecular flexibility index (Phi) is 5.80. The summed E-state index contributed by atoms with van der Waals surface area (Å²) in [5.41, 5.74) is 2.69. The number of halogens is 1. The molecule has 1 fully saturated rings. The highest BCUT2D eigenvalue weighted by atomic mass is 35.5. The Morgan fingerprint density at radius 2 is 1.95 bits per heavy atom. The Labute approximate surface area is 120 Å². The van der Waals surface area contributed by atoms with E-state index in [9.17, 15) is 0 Å². The van der Waals surface area contributed by atoms with Gasteiger partial charge >= 0.3 is 0 Å². The summed E-state index contributed by atoms with van der Waals surface area (Å²) in [6.07, 6.45) is 10.5. The van der Waals surface area contributed by atoms with Gasteiger partial charge in [0, 0.05) is 36.0 Å². The number of allylic oxidation sites excluding steroid dienone is 1. The van der Waals surface area contributed by atoms with E-state index in [0.717, 1.165) is 30.8 Å². The van der Waals surface area contributed by atoms with Crippen LogP contribution in [-0.2, 0) is 11.3 Å². The third-order valence-electron chi connectivity index (χ3n) is 3.68. The van der Waals surface area contributed by atoms with E-state index in [1.165, 1.54) is 12.8 Å². The van der Waals surface area contributed by atoms with Crippen LogP contribution < -0.4 is 0 Å². The molecule has 1 aromatic rings. The maximum absolute atomic E-state index is 5.63. The highest BCUT2D eigenvalue weighted by Crippen LogP contribution is 2.34. The number of hydrogen-bond donors (Lipinski definition) is 0. The third-order valence-corrected chi connectivity index (χ3v) is 3.83. The zero-order chi connectivity index (χ0) is 13.5. The molecular weight excluding hydrogens is 260 g/mol. The van der Waals surface area contributed by atoms with Gasteiger partial charge in [0.25, 0.3) is 0 Å². The molecule has 0 spiro atoms. The van der Waals surface area contributed by atoms with Gasteiger partial charge in [-0.25, -0.2) is 9.97 Å². The minimum atomic E-state index is 0.501. The highest BCUT2D eigenvalue weighted by Gasteiger charge is 2.22. The predicted octanol–water partition coefficient (Wildman–Crippen LogP) is 4.04. The monoisotopic (exact) mass is 280 g/mol. The molecular formula is C15H21ClN2O. The van der Waals surface area contributed by atoms with Gasteiger partial charge in [0.2, 0.25) is 0 Å². The summed E-state index contributed by atoms with van der Waals surface area (Å²) >= 11 is 5.63. The summed E-state index contributed by atoms with van der Waals surface area (Å²) in [5.74, 6) is 2.11. The zero-order valence-corrected chi connectivity index (χ0v) is 12.1. The standard InChI is InChI=1S/C15H21ClN2O/c1-2-19-11-13-9-17-15(18-10-13)14-5-3-12(4-6-14)7-8-16/h7-10,12,14H,2-6,11H2,1H3. The van der Waals surface area contributed by atoms with Gasteiger partial charge in [-0.2, -0.15) is 0 Å². The normalized spacial score (nSPS) is 23.9. The van der Waals surface area contributed by atoms with E-state index < -0.39 is 0 Å². The third kappa shape index (κ3) is 4.29. The maximum atomic E-state index is 5.63. The summed E-state index contributed by atoms with van der Waals surface area (Å²) < 4.78 is 5.35. The Morgan fingerprint density at radius 1 is 1.26 bits per heavy atom. The lowest BCUT2D eigenvalue weighted by atomic mass is 9.82. The van der Waals surface area contributed by atoms with Gasteiger partial charge in [0.15, 0.2) is 0 Å². The maximum Gasteiger partial charge on any atom is 0.131 e. The number of rotatable bonds is 5. The van der Waals surface area contributed by atoms with Gasteiger partial charge < -0.3 is 4.74 Å². The van der Waals surface area contributed by atoms with Gasteiger partial charge in [-0.3, -0.25) is 0 Å². The Hall–Kier alpha value is -0.930. The molecule has 0 saturated heterocycles. The van der Waals surface area contributed by atoms with Crippen LogP contribution in [0.4, 0.5) is 0 Å². The van der Waals surface area contributed by atoms with Crippen molar-refractivity contribution in [2.45, 2.75) is 45.1 Å². The first-order valence-corrected chi connectivity index (χ1v) is 7.42. The number of hydrogen-bond acceptors (Lipinski definition) is 3. The van der Waals surface area contributed by atoms with Crippen LogP contribution in [0.1, 0.15) is 49.9 Å². The van der Waals surface area contributed by atoms with Crippen LogP contribution in [0.2, 0.25) is 0 Å². The first-order chi connectivity index (χ1) is 9.33. The smallest absolute Gasteiger partial charge is 0.131 e. The fraction of sp³-hybridized carbons (Fsp3) is 0.600. The molecule has 3 nitrogen and oxygen atoms in total. The van der Waals surface area contributed by atoms with E-state index in [0.29, 0.717) is 18.4 Å². The van der Waals surface area contributed by atoms with Crippen LogP contribution in [0.15, 0.2) is 24.0 Å². The molecule has 0 bridgehead atoms. The molecule has 0 atom stereocenters. The fourth-order valence-electron chi connectivity index (χ4n) is 2.54. The van der Waals surface area contributed by atoms with Crippen molar-refractivity contribution in [2.24, 2.45) is 5.92 Å². The van der Waals surface area contributed by atoms with Crippen molar-refractivity contribution in [1.29, 1.82) is 0 Å². The van der Waals surface area contributed by atoms with Crippen molar-refractivity contribution in [2.75, 3.05) is 6.61 Å². The van der Waals surface area contributed by atoms with Gasteiger partial charge in [0.1, 0.15) is 5.82 Å². The minimum Gasteiger partial charge on any atom is -0.377 e. The van der Waals surface area contributed by atoms with Crippen molar-refractivity contribution in [3.05, 3.63) is 35.4 Å². The molecule has 2 rings (SSSR count). The molecule has 0 amide bonds. The zero-order valence-electron chi connectivity index (χ0n) is 11.4. The van der Waals surface area contributed by atoms with Crippen LogP contribution in [0, 0.1) is 5.92 Å². The quantitative estimate of drug-likeness (QED) is 0.816. The van der Waals surface area contributed by atoms with Crippen molar-refractivity contribution in [1.82, 2.24) is 9.97 Å². The van der Waals surface area contributed by atoms with Crippen LogP contribution in [0.3, 0.4) is 0 Å². The summed E-state index contributed by atoms with van der Waals surface area (Å²) in [5, 5.41) is 0. The van der Waals surface area contributed by atoms with E-state index in [1.54, 1.807) is 5.54 Å². The number of aromatic nitrogens is 2. The molecule has 1 heterocycles. The molecule has 1 aliphatic carbocycles. The fourth-order valence-corrected chi connectivity index (χ4v) is 2.75. The molecule has 0 N–H and O–H groups in total. The first-order valence-electron chi connectivity index (χ1n) is 6.99. The molecule has 0 radical (unpaired) electrons. The first kappa shape index (κ1) is 14.5. The Balaban J connectivity index is 1.89. The molecule has 104 valence electrons. The molecule has 1 saturated carbocycles. The SMILES string of the molecule is CCOCc1cnc(C2CCC(C=CCl)CC2)nc1. The summed E-state index contributed by atoms with van der Waals surface area (Å²) in [6, 6.07) is 0. The predicted molar refractivity (Wildman–Crippen MR) is 77.1 cm³/mol. The van der Waals surface area contributed by atoms with E-state index >= 15 is 0 Å². The molecule has 0 aliphatic heterocycles. The topological polar surface area (TPSA) is 35.0 Å².